The van der Waals surface area contributed by atoms with Gasteiger partial charge < -0.3 is 0 Å². The van der Waals surface area contributed by atoms with Crippen LogP contribution in [0.5, 0.6) is 0 Å². The van der Waals surface area contributed by atoms with Crippen LogP contribution in [0.25, 0.3) is 0 Å². The van der Waals surface area contributed by atoms with Gasteiger partial charge in [-0.1, -0.05) is 0 Å². The molecular weight excluding hydrogens is 172 g/mol. The molecule has 0 saturated carbocycles. The summed E-state index contributed by atoms with van der Waals surface area (Å²) in [5, 5.41) is 0. The Morgan fingerprint density at radius 1 is 1.64 bits per heavy atom. The van der Waals surface area contributed by atoms with E-state index in [0.29, 0.717) is 0 Å². The van der Waals surface area contributed by atoms with Crippen LogP contribution in [0.15, 0.2) is 21.4 Å². The first-order chi connectivity index (χ1) is 6.74. The second-order valence-electron chi connectivity index (χ2n) is 3.47. The number of rotatable bonds is 1. The number of aliphatic imine (C=N–C) groups is 2. The fourth-order valence-electron chi connectivity index (χ4n) is 1.73. The summed E-state index contributed by atoms with van der Waals surface area (Å²) in [6.07, 6.45) is 1.92. The molecule has 0 N–H and O–H groups in total. The molecule has 0 aromatic heterocycles. The fraction of sp³-hybridized carbons (Fsp3) is 0.444. The summed E-state index contributed by atoms with van der Waals surface area (Å²) in [6.45, 7) is 7.14. The normalized spacial score (nSPS) is 20.9. The quantitative estimate of drug-likeness (QED) is 0.525. The number of hydrogen-bond acceptors (Lipinski definition) is 3. The molecule has 2 rings (SSSR count). The van der Waals surface area contributed by atoms with Crippen LogP contribution in [-0.2, 0) is 0 Å². The molecule has 3 nitrogen and oxygen atoms in total. The summed E-state index contributed by atoms with van der Waals surface area (Å²) in [5.41, 5.74) is 4.15. The molecule has 2 radical (unpaired) electrons. The van der Waals surface area contributed by atoms with Crippen molar-refractivity contribution in [2.24, 2.45) is 9.98 Å². The summed E-state index contributed by atoms with van der Waals surface area (Å²) in [6, 6.07) is 0. The molecule has 0 saturated heterocycles. The molecule has 0 bridgehead atoms. The van der Waals surface area contributed by atoms with E-state index in [-0.39, 0.29) is 0 Å². The molecule has 0 atom stereocenters. The van der Waals surface area contributed by atoms with Crippen molar-refractivity contribution >= 4 is 31.9 Å². The summed E-state index contributed by atoms with van der Waals surface area (Å²) in [5.74, 6) is 0. The summed E-state index contributed by atoms with van der Waals surface area (Å²) in [4.78, 5) is 11.0. The Morgan fingerprint density at radius 2 is 2.43 bits per heavy atom. The molecule has 0 spiro atoms. The van der Waals surface area contributed by atoms with Gasteiger partial charge in [0.1, 0.15) is 0 Å². The van der Waals surface area contributed by atoms with Crippen LogP contribution >= 0.6 is 0 Å². The van der Waals surface area contributed by atoms with E-state index in [1.807, 2.05) is 20.1 Å². The van der Waals surface area contributed by atoms with Crippen molar-refractivity contribution in [2.75, 3.05) is 13.2 Å². The van der Waals surface area contributed by atoms with E-state index < -0.39 is 0 Å². The standard InChI is InChI=1S/C9H11B2N3/c1-6(11-10)8-9-7(2)12-3-4-14(9)5-13-8/h3H,4-5H2,1-2H3. The van der Waals surface area contributed by atoms with E-state index >= 15 is 0 Å². The van der Waals surface area contributed by atoms with Gasteiger partial charge in [-0.25, -0.2) is 0 Å². The number of allylic oxidation sites excluding steroid dienone is 2. The van der Waals surface area contributed by atoms with Crippen LogP contribution in [-0.4, -0.2) is 50.1 Å². The third kappa shape index (κ3) is 1.37. The zero-order chi connectivity index (χ0) is 10.1. The molecule has 2 aliphatic heterocycles. The predicted molar refractivity (Wildman–Crippen MR) is 62.4 cm³/mol. The van der Waals surface area contributed by atoms with Crippen molar-refractivity contribution in [1.82, 2.24) is 4.90 Å². The fourth-order valence-corrected chi connectivity index (χ4v) is 1.73. The number of fused-ring (bicyclic) bond motifs is 1. The molecule has 14 heavy (non-hydrogen) atoms. The second kappa shape index (κ2) is 3.56. The van der Waals surface area contributed by atoms with E-state index in [4.69, 9.17) is 7.74 Å². The molecule has 0 aromatic carbocycles. The first kappa shape index (κ1) is 9.44. The van der Waals surface area contributed by atoms with Crippen molar-refractivity contribution in [2.45, 2.75) is 13.8 Å². The van der Waals surface area contributed by atoms with Crippen molar-refractivity contribution in [3.05, 3.63) is 11.4 Å². The van der Waals surface area contributed by atoms with Crippen LogP contribution < -0.4 is 0 Å². The van der Waals surface area contributed by atoms with Gasteiger partial charge in [-0.15, -0.1) is 0 Å². The predicted octanol–water partition coefficient (Wildman–Crippen LogP) is -0.00360. The van der Waals surface area contributed by atoms with Crippen LogP contribution in [0.1, 0.15) is 13.8 Å². The van der Waals surface area contributed by atoms with Crippen LogP contribution in [0.4, 0.5) is 0 Å². The van der Waals surface area contributed by atoms with E-state index in [9.17, 15) is 0 Å². The third-order valence-electron chi connectivity index (χ3n) is 2.49. The third-order valence-corrected chi connectivity index (χ3v) is 2.49. The van der Waals surface area contributed by atoms with Gasteiger partial charge in [-0.3, -0.25) is 0 Å². The van der Waals surface area contributed by atoms with Crippen molar-refractivity contribution < 1.29 is 0 Å². The van der Waals surface area contributed by atoms with Gasteiger partial charge in [0.25, 0.3) is 0 Å². The van der Waals surface area contributed by atoms with Gasteiger partial charge in [-0.2, -0.15) is 0 Å². The van der Waals surface area contributed by atoms with Crippen molar-refractivity contribution in [3.8, 4) is 0 Å². The van der Waals surface area contributed by atoms with Gasteiger partial charge in [0, 0.05) is 0 Å². The molecule has 5 heteroatoms. The monoisotopic (exact) mass is 183 g/mol. The summed E-state index contributed by atoms with van der Waals surface area (Å²) >= 11 is 0. The molecule has 0 aromatic rings. The van der Waals surface area contributed by atoms with Crippen LogP contribution in [0.3, 0.4) is 0 Å². The molecule has 0 fully saturated rings. The SMILES string of the molecule is [B]B=C(C)C1=NCN2CC=NC(C)=C12. The average molecular weight is 183 g/mol. The number of hydrogen-bond donors (Lipinski definition) is 0. The molecule has 0 aliphatic carbocycles. The van der Waals surface area contributed by atoms with Gasteiger partial charge >= 0.3 is 85.3 Å². The molecule has 2 aliphatic rings. The zero-order valence-corrected chi connectivity index (χ0v) is 8.49. The second-order valence-corrected chi connectivity index (χ2v) is 3.47. The summed E-state index contributed by atoms with van der Waals surface area (Å²) < 4.78 is 0. The first-order valence-corrected chi connectivity index (χ1v) is 4.66. The zero-order valence-electron chi connectivity index (χ0n) is 8.49. The van der Waals surface area contributed by atoms with Crippen molar-refractivity contribution in [3.63, 3.8) is 0 Å². The Morgan fingerprint density at radius 3 is 3.14 bits per heavy atom. The topological polar surface area (TPSA) is 28.0 Å². The Labute approximate surface area is 85.9 Å². The summed E-state index contributed by atoms with van der Waals surface area (Å²) in [7, 11) is 5.50. The van der Waals surface area contributed by atoms with Crippen LogP contribution in [0.2, 0.25) is 0 Å². The van der Waals surface area contributed by atoms with Gasteiger partial charge in [-0.05, 0) is 0 Å². The number of nitrogens with zero attached hydrogens (tertiary/aromatic N) is 3. The maximum atomic E-state index is 5.50. The van der Waals surface area contributed by atoms with Gasteiger partial charge in [0.2, 0.25) is 0 Å². The van der Waals surface area contributed by atoms with Crippen molar-refractivity contribution in [1.29, 1.82) is 0 Å². The Hall–Kier alpha value is -1.12. The maximum absolute atomic E-state index is 5.50. The molecule has 0 unspecified atom stereocenters. The first-order valence-electron chi connectivity index (χ1n) is 4.66. The Kier molecular flexibility index (Phi) is 2.40. The minimum absolute atomic E-state index is 0.721. The van der Waals surface area contributed by atoms with E-state index in [0.717, 1.165) is 35.8 Å². The molecule has 68 valence electrons. The van der Waals surface area contributed by atoms with E-state index in [2.05, 4.69) is 14.9 Å². The average Bonchev–Trinajstić information content (AvgIpc) is 2.62. The molecular formula is C9H11B2N3. The molecule has 0 amide bonds. The Balaban J connectivity index is 2.42. The Bertz CT molecular complexity index is 380. The van der Waals surface area contributed by atoms with Crippen LogP contribution in [0, 0.1) is 0 Å². The van der Waals surface area contributed by atoms with E-state index in [1.54, 1.807) is 6.81 Å². The van der Waals surface area contributed by atoms with E-state index in [1.165, 1.54) is 0 Å². The van der Waals surface area contributed by atoms with Gasteiger partial charge in [0.05, 0.1) is 0 Å². The molecule has 2 heterocycles. The minimum atomic E-state index is 0.721. The van der Waals surface area contributed by atoms with Gasteiger partial charge in [0.15, 0.2) is 0 Å².